The molecule has 2 heterocycles. The second-order valence-electron chi connectivity index (χ2n) is 4.01. The lowest BCUT2D eigenvalue weighted by molar-refractivity contribution is 0.0512. The van der Waals surface area contributed by atoms with Crippen LogP contribution in [-0.2, 0) is 4.74 Å². The van der Waals surface area contributed by atoms with E-state index in [-0.39, 0.29) is 34.9 Å². The van der Waals surface area contributed by atoms with Crippen molar-refractivity contribution in [2.75, 3.05) is 6.61 Å². The number of esters is 1. The van der Waals surface area contributed by atoms with Gasteiger partial charge in [0.25, 0.3) is 0 Å². The van der Waals surface area contributed by atoms with Crippen molar-refractivity contribution in [2.45, 2.75) is 6.92 Å². The first-order valence-electron chi connectivity index (χ1n) is 5.86. The molecule has 0 saturated carbocycles. The van der Waals surface area contributed by atoms with Crippen molar-refractivity contribution in [2.24, 2.45) is 0 Å². The van der Waals surface area contributed by atoms with Crippen molar-refractivity contribution in [3.8, 4) is 0 Å². The molecular weight excluding hydrogens is 264 g/mol. The fourth-order valence-electron chi connectivity index (χ4n) is 2.00. The molecule has 2 aromatic rings. The van der Waals surface area contributed by atoms with Crippen molar-refractivity contribution in [1.29, 1.82) is 0 Å². The number of aromatic nitrogens is 2. The van der Waals surface area contributed by atoms with Crippen LogP contribution in [0.4, 0.5) is 0 Å². The lowest BCUT2D eigenvalue weighted by Crippen LogP contribution is -2.23. The van der Waals surface area contributed by atoms with Crippen LogP contribution in [-0.4, -0.2) is 34.3 Å². The van der Waals surface area contributed by atoms with Crippen LogP contribution >= 0.6 is 0 Å². The van der Waals surface area contributed by atoms with Gasteiger partial charge in [-0.05, 0) is 19.1 Å². The van der Waals surface area contributed by atoms with Crippen molar-refractivity contribution >= 4 is 17.5 Å². The van der Waals surface area contributed by atoms with Gasteiger partial charge in [-0.15, -0.1) is 0 Å². The van der Waals surface area contributed by atoms with E-state index in [0.717, 1.165) is 0 Å². The van der Waals surface area contributed by atoms with Gasteiger partial charge in [0, 0.05) is 6.20 Å². The van der Waals surface area contributed by atoms with Gasteiger partial charge in [0.1, 0.15) is 11.3 Å². The molecule has 100 valence electrons. The standard InChI is InChI=1S/C13H8N2O5/c1-2-19-13(18)9-7-11(17)8-6(4-3-5-14-8)10(16)12(7)20-15-9/h3-5H,2H2,1H3. The van der Waals surface area contributed by atoms with E-state index < -0.39 is 17.5 Å². The van der Waals surface area contributed by atoms with Crippen LogP contribution in [0.2, 0.25) is 0 Å². The lowest BCUT2D eigenvalue weighted by Gasteiger charge is -2.11. The van der Waals surface area contributed by atoms with E-state index in [1.54, 1.807) is 6.92 Å². The number of fused-ring (bicyclic) bond motifs is 2. The second-order valence-corrected chi connectivity index (χ2v) is 4.01. The Labute approximate surface area is 112 Å². The Balaban J connectivity index is 2.18. The van der Waals surface area contributed by atoms with E-state index in [1.807, 2.05) is 0 Å². The zero-order chi connectivity index (χ0) is 14.3. The molecule has 0 aliphatic heterocycles. The van der Waals surface area contributed by atoms with Crippen LogP contribution in [0, 0.1) is 0 Å². The van der Waals surface area contributed by atoms with E-state index in [4.69, 9.17) is 9.26 Å². The summed E-state index contributed by atoms with van der Waals surface area (Å²) in [5, 5.41) is 3.48. The van der Waals surface area contributed by atoms with E-state index in [0.29, 0.717) is 0 Å². The number of carbonyl (C=O) groups is 3. The van der Waals surface area contributed by atoms with Crippen LogP contribution in [0.3, 0.4) is 0 Å². The molecule has 0 radical (unpaired) electrons. The Morgan fingerprint density at radius 3 is 2.90 bits per heavy atom. The molecule has 0 spiro atoms. The lowest BCUT2D eigenvalue weighted by atomic mass is 9.91. The highest BCUT2D eigenvalue weighted by atomic mass is 16.5. The first kappa shape index (κ1) is 12.2. The largest absolute Gasteiger partial charge is 0.461 e. The molecule has 0 bridgehead atoms. The van der Waals surface area contributed by atoms with Crippen molar-refractivity contribution in [3.63, 3.8) is 0 Å². The van der Waals surface area contributed by atoms with Crippen LogP contribution in [0.5, 0.6) is 0 Å². The number of ketones is 2. The van der Waals surface area contributed by atoms with Crippen molar-refractivity contribution in [3.05, 3.63) is 46.6 Å². The monoisotopic (exact) mass is 272 g/mol. The molecule has 2 aromatic heterocycles. The molecule has 20 heavy (non-hydrogen) atoms. The zero-order valence-corrected chi connectivity index (χ0v) is 10.4. The Kier molecular flexibility index (Phi) is 2.67. The van der Waals surface area contributed by atoms with E-state index in [9.17, 15) is 14.4 Å². The second kappa shape index (κ2) is 4.37. The predicted molar refractivity (Wildman–Crippen MR) is 63.6 cm³/mol. The topological polar surface area (TPSA) is 99.4 Å². The maximum Gasteiger partial charge on any atom is 0.361 e. The molecule has 7 heteroatoms. The van der Waals surface area contributed by atoms with Crippen LogP contribution in [0.25, 0.3) is 0 Å². The van der Waals surface area contributed by atoms with Gasteiger partial charge in [-0.25, -0.2) is 4.79 Å². The summed E-state index contributed by atoms with van der Waals surface area (Å²) < 4.78 is 9.62. The Morgan fingerprint density at radius 2 is 2.15 bits per heavy atom. The molecule has 1 aliphatic carbocycles. The minimum absolute atomic E-state index is 0.0150. The number of nitrogens with zero attached hydrogens (tertiary/aromatic N) is 2. The van der Waals surface area contributed by atoms with Gasteiger partial charge in [-0.2, -0.15) is 0 Å². The minimum Gasteiger partial charge on any atom is -0.461 e. The molecule has 7 nitrogen and oxygen atoms in total. The highest BCUT2D eigenvalue weighted by Crippen LogP contribution is 2.28. The van der Waals surface area contributed by atoms with E-state index in [1.165, 1.54) is 18.3 Å². The summed E-state index contributed by atoms with van der Waals surface area (Å²) in [4.78, 5) is 40.1. The fourth-order valence-corrected chi connectivity index (χ4v) is 2.00. The quantitative estimate of drug-likeness (QED) is 0.642. The molecule has 0 aromatic carbocycles. The van der Waals surface area contributed by atoms with Gasteiger partial charge < -0.3 is 9.26 Å². The average Bonchev–Trinajstić information content (AvgIpc) is 2.90. The maximum atomic E-state index is 12.3. The number of hydrogen-bond acceptors (Lipinski definition) is 7. The smallest absolute Gasteiger partial charge is 0.361 e. The summed E-state index contributed by atoms with van der Waals surface area (Å²) in [6.07, 6.45) is 1.40. The summed E-state index contributed by atoms with van der Waals surface area (Å²) >= 11 is 0. The Hall–Kier alpha value is -2.83. The highest BCUT2D eigenvalue weighted by Gasteiger charge is 2.39. The van der Waals surface area contributed by atoms with Gasteiger partial charge in [0.2, 0.25) is 23.0 Å². The molecule has 0 N–H and O–H groups in total. The summed E-state index contributed by atoms with van der Waals surface area (Å²) in [6, 6.07) is 3.01. The van der Waals surface area contributed by atoms with Crippen molar-refractivity contribution in [1.82, 2.24) is 10.1 Å². The third-order valence-corrected chi connectivity index (χ3v) is 2.86. The van der Waals surface area contributed by atoms with Crippen LogP contribution in [0.1, 0.15) is 49.6 Å². The molecule has 1 aliphatic rings. The first-order valence-corrected chi connectivity index (χ1v) is 5.86. The van der Waals surface area contributed by atoms with Gasteiger partial charge in [0.15, 0.2) is 0 Å². The molecule has 0 unspecified atom stereocenters. The molecule has 0 amide bonds. The number of carbonyl (C=O) groups excluding carboxylic acids is 3. The van der Waals surface area contributed by atoms with Crippen molar-refractivity contribution < 1.29 is 23.6 Å². The zero-order valence-electron chi connectivity index (χ0n) is 10.4. The normalized spacial score (nSPS) is 12.8. The minimum atomic E-state index is -0.807. The third kappa shape index (κ3) is 1.56. The summed E-state index contributed by atoms with van der Waals surface area (Å²) in [5.41, 5.74) is -0.355. The molecule has 3 rings (SSSR count). The third-order valence-electron chi connectivity index (χ3n) is 2.86. The summed E-state index contributed by atoms with van der Waals surface area (Å²) in [7, 11) is 0. The molecular formula is C13H8N2O5. The molecule has 0 fully saturated rings. The van der Waals surface area contributed by atoms with Crippen LogP contribution in [0.15, 0.2) is 22.9 Å². The SMILES string of the molecule is CCOC(=O)c1noc2c1C(=O)c1ncccc1C2=O. The van der Waals surface area contributed by atoms with E-state index in [2.05, 4.69) is 10.1 Å². The van der Waals surface area contributed by atoms with Gasteiger partial charge in [0.05, 0.1) is 12.2 Å². The fraction of sp³-hybridized carbons (Fsp3) is 0.154. The average molecular weight is 272 g/mol. The summed E-state index contributed by atoms with van der Waals surface area (Å²) in [6.45, 7) is 1.74. The Morgan fingerprint density at radius 1 is 1.35 bits per heavy atom. The first-order chi connectivity index (χ1) is 9.65. The number of rotatable bonds is 2. The van der Waals surface area contributed by atoms with Crippen LogP contribution < -0.4 is 0 Å². The number of hydrogen-bond donors (Lipinski definition) is 0. The van der Waals surface area contributed by atoms with Gasteiger partial charge >= 0.3 is 5.97 Å². The highest BCUT2D eigenvalue weighted by molar-refractivity contribution is 6.28. The Bertz CT molecular complexity index is 747. The molecule has 0 atom stereocenters. The van der Waals surface area contributed by atoms with E-state index >= 15 is 0 Å². The number of ether oxygens (including phenoxy) is 1. The van der Waals surface area contributed by atoms with Gasteiger partial charge in [-0.3, -0.25) is 14.6 Å². The summed E-state index contributed by atoms with van der Waals surface area (Å²) in [5.74, 6) is -2.15. The molecule has 0 saturated heterocycles. The van der Waals surface area contributed by atoms with Gasteiger partial charge in [-0.1, -0.05) is 5.16 Å². The number of pyridine rings is 1. The maximum absolute atomic E-state index is 12.3. The predicted octanol–water partition coefficient (Wildman–Crippen LogP) is 1.02.